The molecular weight excluding hydrogens is 297 g/mol. The summed E-state index contributed by atoms with van der Waals surface area (Å²) in [4.78, 5) is 10.8. The Labute approximate surface area is 94.2 Å². The Morgan fingerprint density at radius 1 is 1.64 bits per heavy atom. The number of carboxylic acid groups (broad SMARTS) is 1. The minimum Gasteiger partial charge on any atom is -0.496 e. The molecule has 0 unspecified atom stereocenters. The van der Waals surface area contributed by atoms with E-state index in [1.807, 2.05) is 28.7 Å². The number of nitrogens with zero attached hydrogens (tertiary/aromatic N) is 1. The molecule has 0 aliphatic rings. The predicted octanol–water partition coefficient (Wildman–Crippen LogP) is 1.87. The van der Waals surface area contributed by atoms with Crippen LogP contribution in [0, 0.1) is 14.9 Å². The highest BCUT2D eigenvalue weighted by Gasteiger charge is 2.14. The Morgan fingerprint density at radius 2 is 2.29 bits per heavy atom. The molecule has 0 aromatic heterocycles. The summed E-state index contributed by atoms with van der Waals surface area (Å²) in [6.07, 6.45) is 0. The molecule has 0 saturated carbocycles. The van der Waals surface area contributed by atoms with Gasteiger partial charge in [0.2, 0.25) is 0 Å². The third-order valence-corrected chi connectivity index (χ3v) is 2.53. The van der Waals surface area contributed by atoms with Gasteiger partial charge in [0.05, 0.1) is 12.7 Å². The van der Waals surface area contributed by atoms with E-state index < -0.39 is 5.97 Å². The van der Waals surface area contributed by atoms with Crippen LogP contribution < -0.4 is 4.74 Å². The average molecular weight is 303 g/mol. The number of hydrogen-bond acceptors (Lipinski definition) is 3. The number of hydrogen-bond donors (Lipinski definition) is 1. The molecule has 1 rings (SSSR count). The Hall–Kier alpha value is -1.29. The highest BCUT2D eigenvalue weighted by Crippen LogP contribution is 2.24. The zero-order valence-corrected chi connectivity index (χ0v) is 9.40. The van der Waals surface area contributed by atoms with Crippen LogP contribution in [-0.4, -0.2) is 18.2 Å². The predicted molar refractivity (Wildman–Crippen MR) is 57.4 cm³/mol. The fraction of sp³-hybridized carbons (Fsp3) is 0.111. The minimum absolute atomic E-state index is 0.00414. The summed E-state index contributed by atoms with van der Waals surface area (Å²) in [7, 11) is 1.39. The second kappa shape index (κ2) is 4.28. The number of aromatic carboxylic acids is 1. The van der Waals surface area contributed by atoms with Gasteiger partial charge in [0.1, 0.15) is 17.4 Å². The summed E-state index contributed by atoms with van der Waals surface area (Å²) in [5, 5.41) is 17.5. The number of nitriles is 1. The number of benzene rings is 1. The molecule has 1 N–H and O–H groups in total. The van der Waals surface area contributed by atoms with E-state index in [-0.39, 0.29) is 11.3 Å². The number of carboxylic acids is 1. The first-order valence-corrected chi connectivity index (χ1v) is 4.69. The largest absolute Gasteiger partial charge is 0.496 e. The molecule has 14 heavy (non-hydrogen) atoms. The molecule has 0 atom stereocenters. The second-order valence-electron chi connectivity index (χ2n) is 2.45. The van der Waals surface area contributed by atoms with Crippen LogP contribution in [0.2, 0.25) is 0 Å². The molecule has 72 valence electrons. The van der Waals surface area contributed by atoms with Gasteiger partial charge in [-0.15, -0.1) is 0 Å². The fourth-order valence-electron chi connectivity index (χ4n) is 0.977. The Bertz CT molecular complexity index is 423. The van der Waals surface area contributed by atoms with E-state index in [0.717, 1.165) is 0 Å². The van der Waals surface area contributed by atoms with Gasteiger partial charge < -0.3 is 9.84 Å². The molecule has 0 fully saturated rings. The Morgan fingerprint density at radius 3 is 2.71 bits per heavy atom. The zero-order chi connectivity index (χ0) is 10.7. The van der Waals surface area contributed by atoms with E-state index in [2.05, 4.69) is 0 Å². The number of halogens is 1. The topological polar surface area (TPSA) is 70.3 Å². The van der Waals surface area contributed by atoms with Crippen molar-refractivity contribution in [3.63, 3.8) is 0 Å². The monoisotopic (exact) mass is 303 g/mol. The summed E-state index contributed by atoms with van der Waals surface area (Å²) in [6.45, 7) is 0. The SMILES string of the molecule is COc1cc(I)c(C#N)cc1C(=O)O. The maximum Gasteiger partial charge on any atom is 0.339 e. The smallest absolute Gasteiger partial charge is 0.339 e. The molecule has 5 heteroatoms. The summed E-state index contributed by atoms with van der Waals surface area (Å²) in [5.41, 5.74) is 0.341. The number of carbonyl (C=O) groups is 1. The van der Waals surface area contributed by atoms with Crippen LogP contribution in [-0.2, 0) is 0 Å². The second-order valence-corrected chi connectivity index (χ2v) is 3.61. The van der Waals surface area contributed by atoms with Crippen molar-refractivity contribution in [3.05, 3.63) is 26.8 Å². The molecule has 0 spiro atoms. The van der Waals surface area contributed by atoms with Crippen LogP contribution in [0.25, 0.3) is 0 Å². The lowest BCUT2D eigenvalue weighted by Crippen LogP contribution is -2.02. The van der Waals surface area contributed by atoms with E-state index in [1.165, 1.54) is 19.2 Å². The molecule has 0 radical (unpaired) electrons. The third-order valence-electron chi connectivity index (χ3n) is 1.64. The van der Waals surface area contributed by atoms with Crippen LogP contribution in [0.3, 0.4) is 0 Å². The maximum atomic E-state index is 10.8. The number of ether oxygens (including phenoxy) is 1. The van der Waals surface area contributed by atoms with Crippen molar-refractivity contribution in [2.75, 3.05) is 7.11 Å². The van der Waals surface area contributed by atoms with E-state index in [9.17, 15) is 4.79 Å². The van der Waals surface area contributed by atoms with E-state index >= 15 is 0 Å². The van der Waals surface area contributed by atoms with Gasteiger partial charge in [-0.2, -0.15) is 5.26 Å². The van der Waals surface area contributed by atoms with Gasteiger partial charge in [0, 0.05) is 3.57 Å². The van der Waals surface area contributed by atoms with Crippen molar-refractivity contribution in [2.45, 2.75) is 0 Å². The van der Waals surface area contributed by atoms with Crippen LogP contribution >= 0.6 is 22.6 Å². The lowest BCUT2D eigenvalue weighted by Gasteiger charge is -2.05. The van der Waals surface area contributed by atoms with Crippen molar-refractivity contribution in [3.8, 4) is 11.8 Å². The summed E-state index contributed by atoms with van der Waals surface area (Å²) in [6, 6.07) is 4.75. The van der Waals surface area contributed by atoms with Crippen molar-refractivity contribution in [1.29, 1.82) is 5.26 Å². The van der Waals surface area contributed by atoms with Crippen molar-refractivity contribution >= 4 is 28.6 Å². The van der Waals surface area contributed by atoms with Gasteiger partial charge in [-0.05, 0) is 34.7 Å². The highest BCUT2D eigenvalue weighted by atomic mass is 127. The molecule has 0 aliphatic carbocycles. The van der Waals surface area contributed by atoms with Gasteiger partial charge in [-0.25, -0.2) is 4.79 Å². The number of rotatable bonds is 2. The summed E-state index contributed by atoms with van der Waals surface area (Å²) in [5.74, 6) is -0.837. The highest BCUT2D eigenvalue weighted by molar-refractivity contribution is 14.1. The van der Waals surface area contributed by atoms with Crippen LogP contribution in [0.1, 0.15) is 15.9 Å². The van der Waals surface area contributed by atoms with Crippen molar-refractivity contribution < 1.29 is 14.6 Å². The lowest BCUT2D eigenvalue weighted by molar-refractivity contribution is 0.0693. The van der Waals surface area contributed by atoms with Crippen LogP contribution in [0.4, 0.5) is 0 Å². The zero-order valence-electron chi connectivity index (χ0n) is 7.24. The minimum atomic E-state index is -1.10. The first-order valence-electron chi connectivity index (χ1n) is 3.61. The van der Waals surface area contributed by atoms with Gasteiger partial charge in [0.15, 0.2) is 0 Å². The molecule has 0 saturated heterocycles. The summed E-state index contributed by atoms with van der Waals surface area (Å²) < 4.78 is 5.57. The molecular formula is C9H6INO3. The normalized spacial score (nSPS) is 9.21. The molecule has 0 heterocycles. The van der Waals surface area contributed by atoms with Gasteiger partial charge in [-0.1, -0.05) is 0 Å². The van der Waals surface area contributed by atoms with E-state index in [4.69, 9.17) is 15.1 Å². The summed E-state index contributed by atoms with van der Waals surface area (Å²) >= 11 is 1.95. The number of methoxy groups -OCH3 is 1. The van der Waals surface area contributed by atoms with Gasteiger partial charge in [0.25, 0.3) is 0 Å². The third kappa shape index (κ3) is 1.96. The van der Waals surface area contributed by atoms with Crippen molar-refractivity contribution in [1.82, 2.24) is 0 Å². The molecule has 1 aromatic carbocycles. The van der Waals surface area contributed by atoms with E-state index in [0.29, 0.717) is 9.13 Å². The molecule has 4 nitrogen and oxygen atoms in total. The lowest BCUT2D eigenvalue weighted by atomic mass is 10.1. The quantitative estimate of drug-likeness (QED) is 0.847. The van der Waals surface area contributed by atoms with Crippen LogP contribution in [0.15, 0.2) is 12.1 Å². The maximum absolute atomic E-state index is 10.8. The first kappa shape index (κ1) is 10.8. The molecule has 0 bridgehead atoms. The van der Waals surface area contributed by atoms with Crippen molar-refractivity contribution in [2.24, 2.45) is 0 Å². The first-order chi connectivity index (χ1) is 6.60. The average Bonchev–Trinajstić information content (AvgIpc) is 2.16. The molecule has 0 aliphatic heterocycles. The fourth-order valence-corrected chi connectivity index (χ4v) is 1.54. The Kier molecular flexibility index (Phi) is 3.30. The molecule has 0 amide bonds. The van der Waals surface area contributed by atoms with Gasteiger partial charge >= 0.3 is 5.97 Å². The Balaban J connectivity index is 3.42. The standard InChI is InChI=1S/C9H6INO3/c1-14-8-3-7(10)5(4-11)2-6(8)9(12)13/h2-3H,1H3,(H,12,13). The van der Waals surface area contributed by atoms with E-state index in [1.54, 1.807) is 0 Å². The van der Waals surface area contributed by atoms with Gasteiger partial charge in [-0.3, -0.25) is 0 Å². The molecule has 1 aromatic rings. The van der Waals surface area contributed by atoms with Crippen LogP contribution in [0.5, 0.6) is 5.75 Å².